The highest BCUT2D eigenvalue weighted by Gasteiger charge is 2.33. The molecule has 2 aromatic rings. The summed E-state index contributed by atoms with van der Waals surface area (Å²) < 4.78 is 10.1. The van der Waals surface area contributed by atoms with E-state index in [0.29, 0.717) is 19.7 Å². The lowest BCUT2D eigenvalue weighted by atomic mass is 9.93. The molecule has 1 unspecified atom stereocenters. The Morgan fingerprint density at radius 1 is 1.18 bits per heavy atom. The minimum absolute atomic E-state index is 0.0222. The minimum Gasteiger partial charge on any atom is -0.383 e. The molecule has 0 radical (unpaired) electrons. The van der Waals surface area contributed by atoms with Crippen molar-refractivity contribution < 1.29 is 19.1 Å². The molecule has 0 saturated heterocycles. The molecule has 0 fully saturated rings. The zero-order chi connectivity index (χ0) is 19.9. The Bertz CT molecular complexity index is 793. The Balaban J connectivity index is 1.83. The van der Waals surface area contributed by atoms with Crippen LogP contribution in [-0.4, -0.2) is 68.7 Å². The van der Waals surface area contributed by atoms with Crippen molar-refractivity contribution in [2.45, 2.75) is 12.5 Å². The van der Waals surface area contributed by atoms with Gasteiger partial charge in [-0.1, -0.05) is 30.3 Å². The number of rotatable bonds is 8. The molecule has 2 heterocycles. The first-order valence-electron chi connectivity index (χ1n) is 9.32. The Kier molecular flexibility index (Phi) is 7.19. The summed E-state index contributed by atoms with van der Waals surface area (Å²) in [6, 6.07) is 12.0. The average Bonchev–Trinajstić information content (AvgIpc) is 3.19. The van der Waals surface area contributed by atoms with Gasteiger partial charge in [0.1, 0.15) is 6.61 Å². The molecule has 1 aliphatic heterocycles. The molecule has 0 aliphatic carbocycles. The van der Waals surface area contributed by atoms with E-state index in [9.17, 15) is 9.59 Å². The Labute approximate surface area is 169 Å². The van der Waals surface area contributed by atoms with E-state index in [2.05, 4.69) is 23.6 Å². The van der Waals surface area contributed by atoms with Gasteiger partial charge in [0.05, 0.1) is 19.2 Å². The molecule has 0 bridgehead atoms. The van der Waals surface area contributed by atoms with Crippen molar-refractivity contribution >= 4 is 23.2 Å². The van der Waals surface area contributed by atoms with E-state index >= 15 is 0 Å². The zero-order valence-corrected chi connectivity index (χ0v) is 17.1. The highest BCUT2D eigenvalue weighted by atomic mass is 32.1. The summed E-state index contributed by atoms with van der Waals surface area (Å²) in [7, 11) is 3.05. The van der Waals surface area contributed by atoms with Gasteiger partial charge in [-0.15, -0.1) is 11.3 Å². The lowest BCUT2D eigenvalue weighted by Gasteiger charge is -2.37. The molecule has 28 heavy (non-hydrogen) atoms. The number of nitrogens with zero attached hydrogens (tertiary/aromatic N) is 2. The molecule has 0 spiro atoms. The molecule has 1 aliphatic rings. The number of carbonyl (C=O) groups excluding carboxylic acids is 2. The molecule has 1 atom stereocenters. The first kappa shape index (κ1) is 20.5. The van der Waals surface area contributed by atoms with Crippen LogP contribution < -0.4 is 0 Å². The molecule has 0 saturated carbocycles. The molecule has 2 amide bonds. The summed E-state index contributed by atoms with van der Waals surface area (Å²) in [6.07, 6.45) is 0.839. The summed E-state index contributed by atoms with van der Waals surface area (Å²) in [5.41, 5.74) is 2.27. The van der Waals surface area contributed by atoms with Gasteiger partial charge in [-0.2, -0.15) is 0 Å². The van der Waals surface area contributed by atoms with Gasteiger partial charge in [-0.05, 0) is 29.0 Å². The van der Waals surface area contributed by atoms with E-state index in [4.69, 9.17) is 9.47 Å². The van der Waals surface area contributed by atoms with Crippen molar-refractivity contribution in [2.24, 2.45) is 0 Å². The van der Waals surface area contributed by atoms with Crippen LogP contribution in [0.5, 0.6) is 0 Å². The third-order valence-electron chi connectivity index (χ3n) is 4.91. The van der Waals surface area contributed by atoms with Crippen LogP contribution in [0.25, 0.3) is 0 Å². The van der Waals surface area contributed by atoms with Crippen LogP contribution in [0.1, 0.15) is 22.0 Å². The van der Waals surface area contributed by atoms with Gasteiger partial charge >= 0.3 is 0 Å². The normalized spacial score (nSPS) is 15.9. The lowest BCUT2D eigenvalue weighted by molar-refractivity contribution is -0.144. The predicted molar refractivity (Wildman–Crippen MR) is 108 cm³/mol. The second-order valence-electron chi connectivity index (χ2n) is 6.69. The smallest absolute Gasteiger partial charge is 0.249 e. The Morgan fingerprint density at radius 3 is 2.68 bits per heavy atom. The van der Waals surface area contributed by atoms with Crippen molar-refractivity contribution in [3.8, 4) is 0 Å². The monoisotopic (exact) mass is 402 g/mol. The molecule has 6 nitrogen and oxygen atoms in total. The van der Waals surface area contributed by atoms with Crippen molar-refractivity contribution in [1.29, 1.82) is 0 Å². The molecular formula is C21H26N2O4S. The first-order valence-corrected chi connectivity index (χ1v) is 10.2. The maximum absolute atomic E-state index is 13.2. The number of ether oxygens (including phenoxy) is 2. The number of hydrogen-bond acceptors (Lipinski definition) is 5. The van der Waals surface area contributed by atoms with Gasteiger partial charge in [0, 0.05) is 32.2 Å². The maximum Gasteiger partial charge on any atom is 0.249 e. The molecule has 1 aromatic carbocycles. The maximum atomic E-state index is 13.2. The van der Waals surface area contributed by atoms with Gasteiger partial charge < -0.3 is 19.3 Å². The van der Waals surface area contributed by atoms with E-state index < -0.39 is 0 Å². The standard InChI is InChI=1S/C21H26N2O4S/c1-26-12-11-22(20(25)15-27-2)14-19(24)23-10-8-18-17(9-13-28-18)21(23)16-6-4-3-5-7-16/h3-7,9,13,21H,8,10-12,14-15H2,1-2H3. The SMILES string of the molecule is COCCN(CC(=O)N1CCc2sccc2C1c1ccccc1)C(=O)COC. The summed E-state index contributed by atoms with van der Waals surface area (Å²) >= 11 is 1.74. The van der Waals surface area contributed by atoms with Crippen LogP contribution in [0.3, 0.4) is 0 Å². The number of amides is 2. The summed E-state index contributed by atoms with van der Waals surface area (Å²) in [5, 5.41) is 2.08. The summed E-state index contributed by atoms with van der Waals surface area (Å²) in [5.74, 6) is -0.274. The van der Waals surface area contributed by atoms with E-state index in [1.54, 1.807) is 18.4 Å². The van der Waals surface area contributed by atoms with E-state index in [1.807, 2.05) is 23.1 Å². The first-order chi connectivity index (χ1) is 13.7. The molecule has 150 valence electrons. The fourth-order valence-electron chi connectivity index (χ4n) is 3.54. The largest absolute Gasteiger partial charge is 0.383 e. The average molecular weight is 403 g/mol. The number of carbonyl (C=O) groups is 2. The number of thiophene rings is 1. The van der Waals surface area contributed by atoms with Crippen molar-refractivity contribution in [3.63, 3.8) is 0 Å². The van der Waals surface area contributed by atoms with Crippen LogP contribution in [0.4, 0.5) is 0 Å². The fraction of sp³-hybridized carbons (Fsp3) is 0.429. The zero-order valence-electron chi connectivity index (χ0n) is 16.3. The van der Waals surface area contributed by atoms with Gasteiger partial charge in [0.15, 0.2) is 0 Å². The van der Waals surface area contributed by atoms with Gasteiger partial charge in [0.2, 0.25) is 11.8 Å². The quantitative estimate of drug-likeness (QED) is 0.680. The Morgan fingerprint density at radius 2 is 1.96 bits per heavy atom. The Hall–Kier alpha value is -2.22. The third-order valence-corrected chi connectivity index (χ3v) is 5.91. The number of benzene rings is 1. The van der Waals surface area contributed by atoms with Crippen LogP contribution in [0.15, 0.2) is 41.8 Å². The molecule has 3 rings (SSSR count). The fourth-order valence-corrected chi connectivity index (χ4v) is 4.45. The number of methoxy groups -OCH3 is 2. The molecule has 1 aromatic heterocycles. The van der Waals surface area contributed by atoms with Crippen LogP contribution in [0.2, 0.25) is 0 Å². The van der Waals surface area contributed by atoms with Crippen LogP contribution in [-0.2, 0) is 25.5 Å². The predicted octanol–water partition coefficient (Wildman–Crippen LogP) is 2.34. The van der Waals surface area contributed by atoms with Crippen LogP contribution >= 0.6 is 11.3 Å². The van der Waals surface area contributed by atoms with Gasteiger partial charge in [-0.3, -0.25) is 9.59 Å². The van der Waals surface area contributed by atoms with Crippen LogP contribution in [0, 0.1) is 0 Å². The second kappa shape index (κ2) is 9.82. The molecule has 7 heteroatoms. The van der Waals surface area contributed by atoms with E-state index in [-0.39, 0.29) is 31.0 Å². The van der Waals surface area contributed by atoms with E-state index in [1.165, 1.54) is 22.5 Å². The van der Waals surface area contributed by atoms with Gasteiger partial charge in [-0.25, -0.2) is 0 Å². The summed E-state index contributed by atoms with van der Waals surface area (Å²) in [6.45, 7) is 1.35. The van der Waals surface area contributed by atoms with Crippen molar-refractivity contribution in [1.82, 2.24) is 9.80 Å². The lowest BCUT2D eigenvalue weighted by Crippen LogP contribution is -2.48. The highest BCUT2D eigenvalue weighted by Crippen LogP contribution is 2.37. The van der Waals surface area contributed by atoms with Crippen molar-refractivity contribution in [2.75, 3.05) is 47.1 Å². The van der Waals surface area contributed by atoms with Crippen molar-refractivity contribution in [3.05, 3.63) is 57.8 Å². The van der Waals surface area contributed by atoms with E-state index in [0.717, 1.165) is 12.0 Å². The topological polar surface area (TPSA) is 59.1 Å². The number of hydrogen-bond donors (Lipinski definition) is 0. The molecule has 0 N–H and O–H groups in total. The number of fused-ring (bicyclic) bond motifs is 1. The van der Waals surface area contributed by atoms with Gasteiger partial charge in [0.25, 0.3) is 0 Å². The minimum atomic E-state index is -0.211. The highest BCUT2D eigenvalue weighted by molar-refractivity contribution is 7.10. The second-order valence-corrected chi connectivity index (χ2v) is 7.69. The summed E-state index contributed by atoms with van der Waals surface area (Å²) in [4.78, 5) is 30.3. The third kappa shape index (κ3) is 4.60. The molecular weight excluding hydrogens is 376 g/mol.